The maximum atomic E-state index is 14.4. The molecule has 2 amide bonds. The summed E-state index contributed by atoms with van der Waals surface area (Å²) in [6.45, 7) is 5.87. The van der Waals surface area contributed by atoms with Gasteiger partial charge in [0.15, 0.2) is 0 Å². The molecule has 0 saturated carbocycles. The van der Waals surface area contributed by atoms with Crippen molar-refractivity contribution in [3.05, 3.63) is 53.6 Å². The van der Waals surface area contributed by atoms with Gasteiger partial charge < -0.3 is 24.4 Å². The Balaban J connectivity index is 1.69. The van der Waals surface area contributed by atoms with Crippen LogP contribution in [0, 0.1) is 17.8 Å². The first-order valence-corrected chi connectivity index (χ1v) is 13.2. The number of carbonyl (C=O) groups excluding carboxylic acids is 3. The zero-order chi connectivity index (χ0) is 26.5. The standard InChI is InChI=1S/C28H33ClN2O6/c1-17(2)15-18(16-32)31-23-25(34)30(20-10-5-4-9-19(20)29)13-8-12-28(23)21(24(31)33)22-26(35)36-14-7-6-11-27(22,3)37-28/h4-6,8-12,17-18,21-23,32H,7,13-16H2,1-3H3/t18-,21+,22+,23?,27-,28+/m1/s1. The summed E-state index contributed by atoms with van der Waals surface area (Å²) in [6, 6.07) is 5.32. The van der Waals surface area contributed by atoms with Gasteiger partial charge in [0.2, 0.25) is 5.91 Å². The van der Waals surface area contributed by atoms with Gasteiger partial charge in [0.1, 0.15) is 17.6 Å². The number of cyclic esters (lactones) is 1. The van der Waals surface area contributed by atoms with E-state index in [2.05, 4.69) is 0 Å². The zero-order valence-corrected chi connectivity index (χ0v) is 22.1. The van der Waals surface area contributed by atoms with Crippen LogP contribution in [0.25, 0.3) is 0 Å². The number of aliphatic hydroxyl groups is 1. The molecular weight excluding hydrogens is 496 g/mol. The first-order chi connectivity index (χ1) is 17.6. The molecule has 1 spiro atoms. The predicted octanol–water partition coefficient (Wildman–Crippen LogP) is 3.12. The lowest BCUT2D eigenvalue weighted by Crippen LogP contribution is -2.59. The van der Waals surface area contributed by atoms with Crippen LogP contribution in [0.4, 0.5) is 5.69 Å². The van der Waals surface area contributed by atoms with Crippen LogP contribution in [0.15, 0.2) is 48.6 Å². The van der Waals surface area contributed by atoms with Crippen molar-refractivity contribution in [3.8, 4) is 0 Å². The number of hydrogen-bond donors (Lipinski definition) is 1. The number of halogens is 1. The molecule has 8 nitrogen and oxygen atoms in total. The van der Waals surface area contributed by atoms with Gasteiger partial charge in [0, 0.05) is 6.54 Å². The molecule has 0 bridgehead atoms. The molecule has 0 aromatic heterocycles. The molecule has 1 aromatic rings. The lowest BCUT2D eigenvalue weighted by Gasteiger charge is -2.40. The Morgan fingerprint density at radius 3 is 2.57 bits per heavy atom. The van der Waals surface area contributed by atoms with E-state index >= 15 is 0 Å². The van der Waals surface area contributed by atoms with Gasteiger partial charge >= 0.3 is 5.97 Å². The number of amides is 2. The SMILES string of the molecule is CC(C)C[C@H](CO)N1C(=O)[C@@H]2[C@H]3C(=O)OCCC=C[C@@]3(C)O[C@@]23C=CCN(c2ccccc2Cl)C(=O)C13. The minimum absolute atomic E-state index is 0.151. The molecule has 0 aliphatic carbocycles. The molecule has 0 radical (unpaired) electrons. The van der Waals surface area contributed by atoms with Crippen molar-refractivity contribution in [2.45, 2.75) is 56.9 Å². The first-order valence-electron chi connectivity index (χ1n) is 12.9. The second-order valence-corrected chi connectivity index (χ2v) is 11.3. The second-order valence-electron chi connectivity index (χ2n) is 10.9. The lowest BCUT2D eigenvalue weighted by atomic mass is 9.74. The van der Waals surface area contributed by atoms with Gasteiger partial charge in [-0.1, -0.05) is 61.9 Å². The third-order valence-electron chi connectivity index (χ3n) is 7.95. The zero-order valence-electron chi connectivity index (χ0n) is 21.3. The lowest BCUT2D eigenvalue weighted by molar-refractivity contribution is -0.160. The number of benzene rings is 1. The highest BCUT2D eigenvalue weighted by atomic mass is 35.5. The van der Waals surface area contributed by atoms with Crippen molar-refractivity contribution in [1.29, 1.82) is 0 Å². The van der Waals surface area contributed by atoms with Crippen molar-refractivity contribution in [1.82, 2.24) is 4.90 Å². The van der Waals surface area contributed by atoms with E-state index in [1.807, 2.05) is 26.0 Å². The number of aliphatic hydroxyl groups excluding tert-OH is 1. The molecule has 9 heteroatoms. The highest BCUT2D eigenvalue weighted by molar-refractivity contribution is 6.34. The van der Waals surface area contributed by atoms with Crippen LogP contribution in [-0.2, 0) is 23.9 Å². The average Bonchev–Trinajstić information content (AvgIpc) is 3.17. The Labute approximate surface area is 221 Å². The molecule has 1 N–H and O–H groups in total. The van der Waals surface area contributed by atoms with E-state index in [4.69, 9.17) is 21.1 Å². The largest absolute Gasteiger partial charge is 0.465 e. The van der Waals surface area contributed by atoms with Gasteiger partial charge in [-0.2, -0.15) is 0 Å². The van der Waals surface area contributed by atoms with Crippen LogP contribution >= 0.6 is 11.6 Å². The minimum Gasteiger partial charge on any atom is -0.465 e. The van der Waals surface area contributed by atoms with Gasteiger partial charge in [0.25, 0.3) is 5.91 Å². The number of nitrogens with zero attached hydrogens (tertiary/aromatic N) is 2. The topological polar surface area (TPSA) is 96.4 Å². The summed E-state index contributed by atoms with van der Waals surface area (Å²) in [5.74, 6) is -3.04. The molecule has 1 aromatic carbocycles. The molecule has 2 fully saturated rings. The predicted molar refractivity (Wildman–Crippen MR) is 138 cm³/mol. The Hall–Kier alpha value is -2.68. The number of anilines is 1. The van der Waals surface area contributed by atoms with E-state index in [9.17, 15) is 19.5 Å². The highest BCUT2D eigenvalue weighted by Gasteiger charge is 2.75. The summed E-state index contributed by atoms with van der Waals surface area (Å²) in [6.07, 6.45) is 8.31. The third-order valence-corrected chi connectivity index (χ3v) is 8.27. The molecule has 4 heterocycles. The molecule has 2 saturated heterocycles. The van der Waals surface area contributed by atoms with Crippen molar-refractivity contribution in [2.24, 2.45) is 17.8 Å². The fraction of sp³-hybridized carbons (Fsp3) is 0.536. The average molecular weight is 529 g/mol. The van der Waals surface area contributed by atoms with E-state index in [0.717, 1.165) is 0 Å². The normalized spacial score (nSPS) is 34.0. The van der Waals surface area contributed by atoms with Gasteiger partial charge in [-0.25, -0.2) is 0 Å². The van der Waals surface area contributed by atoms with Crippen LogP contribution < -0.4 is 4.90 Å². The van der Waals surface area contributed by atoms with Crippen LogP contribution in [0.5, 0.6) is 0 Å². The summed E-state index contributed by atoms with van der Waals surface area (Å²) < 4.78 is 12.3. The highest BCUT2D eigenvalue weighted by Crippen LogP contribution is 2.58. The molecule has 4 aliphatic rings. The number of fused-ring (bicyclic) bond motifs is 2. The molecule has 6 atom stereocenters. The molecular formula is C28H33ClN2O6. The Morgan fingerprint density at radius 1 is 1.11 bits per heavy atom. The first kappa shape index (κ1) is 25.9. The Morgan fingerprint density at radius 2 is 1.86 bits per heavy atom. The van der Waals surface area contributed by atoms with Crippen LogP contribution in [0.3, 0.4) is 0 Å². The van der Waals surface area contributed by atoms with Crippen LogP contribution in [-0.4, -0.2) is 70.8 Å². The van der Waals surface area contributed by atoms with Crippen molar-refractivity contribution in [2.75, 3.05) is 24.7 Å². The van der Waals surface area contributed by atoms with Crippen molar-refractivity contribution in [3.63, 3.8) is 0 Å². The number of para-hydroxylation sites is 1. The molecule has 5 rings (SSSR count). The number of likely N-dealkylation sites (tertiary alicyclic amines) is 1. The fourth-order valence-electron chi connectivity index (χ4n) is 6.53. The van der Waals surface area contributed by atoms with E-state index in [-0.39, 0.29) is 37.5 Å². The molecule has 4 aliphatic heterocycles. The fourth-order valence-corrected chi connectivity index (χ4v) is 6.77. The van der Waals surface area contributed by atoms with Gasteiger partial charge in [-0.15, -0.1) is 0 Å². The van der Waals surface area contributed by atoms with Gasteiger partial charge in [-0.3, -0.25) is 14.4 Å². The van der Waals surface area contributed by atoms with E-state index in [0.29, 0.717) is 23.6 Å². The number of esters is 1. The molecule has 37 heavy (non-hydrogen) atoms. The quantitative estimate of drug-likeness (QED) is 0.466. The molecule has 198 valence electrons. The van der Waals surface area contributed by atoms with E-state index in [1.54, 1.807) is 48.2 Å². The number of hydrogen-bond acceptors (Lipinski definition) is 6. The third kappa shape index (κ3) is 4.01. The Kier molecular flexibility index (Phi) is 6.71. The summed E-state index contributed by atoms with van der Waals surface area (Å²) in [4.78, 5) is 45.1. The maximum absolute atomic E-state index is 14.4. The van der Waals surface area contributed by atoms with Gasteiger partial charge in [-0.05, 0) is 37.8 Å². The Bertz CT molecular complexity index is 1170. The summed E-state index contributed by atoms with van der Waals surface area (Å²) in [7, 11) is 0. The number of rotatable bonds is 5. The van der Waals surface area contributed by atoms with Gasteiger partial charge in [0.05, 0.1) is 41.5 Å². The number of ether oxygens (including phenoxy) is 2. The van der Waals surface area contributed by atoms with Crippen LogP contribution in [0.2, 0.25) is 5.02 Å². The monoisotopic (exact) mass is 528 g/mol. The summed E-state index contributed by atoms with van der Waals surface area (Å²) in [5, 5.41) is 10.8. The van der Waals surface area contributed by atoms with Crippen molar-refractivity contribution < 1.29 is 29.0 Å². The van der Waals surface area contributed by atoms with E-state index in [1.165, 1.54) is 4.90 Å². The second kappa shape index (κ2) is 9.57. The van der Waals surface area contributed by atoms with Crippen molar-refractivity contribution >= 4 is 35.1 Å². The number of carbonyl (C=O) groups is 3. The van der Waals surface area contributed by atoms with E-state index < -0.39 is 41.1 Å². The molecule has 1 unspecified atom stereocenters. The minimum atomic E-state index is -1.41. The smallest absolute Gasteiger partial charge is 0.313 e. The summed E-state index contributed by atoms with van der Waals surface area (Å²) in [5.41, 5.74) is -2.04. The summed E-state index contributed by atoms with van der Waals surface area (Å²) >= 11 is 6.49. The van der Waals surface area contributed by atoms with Crippen LogP contribution in [0.1, 0.15) is 33.6 Å². The maximum Gasteiger partial charge on any atom is 0.313 e.